The molecule has 2 heterocycles. The van der Waals surface area contributed by atoms with Crippen LogP contribution in [0.2, 0.25) is 0 Å². The number of piperidine rings is 1. The molecule has 2 atom stereocenters. The van der Waals surface area contributed by atoms with Crippen LogP contribution >= 0.6 is 0 Å². The van der Waals surface area contributed by atoms with E-state index < -0.39 is 34.8 Å². The topological polar surface area (TPSA) is 132 Å². The minimum atomic E-state index is -1.25. The van der Waals surface area contributed by atoms with E-state index in [1.807, 2.05) is 35.2 Å². The molecule has 0 radical (unpaired) electrons. The molecule has 0 bridgehead atoms. The maximum atomic E-state index is 14.0. The van der Waals surface area contributed by atoms with E-state index in [0.29, 0.717) is 24.6 Å². The number of nitrogens with one attached hydrogen (secondary N) is 2. The molecule has 4 N–H and O–H groups in total. The van der Waals surface area contributed by atoms with E-state index in [-0.39, 0.29) is 24.9 Å². The number of anilines is 1. The molecule has 2 unspecified atom stereocenters. The molecule has 43 heavy (non-hydrogen) atoms. The van der Waals surface area contributed by atoms with Gasteiger partial charge in [-0.15, -0.1) is 0 Å². The number of ether oxygens (including phenoxy) is 1. The number of nitrogens with zero attached hydrogens (tertiary/aromatic N) is 3. The van der Waals surface area contributed by atoms with Crippen molar-refractivity contribution >= 4 is 23.5 Å². The van der Waals surface area contributed by atoms with Gasteiger partial charge in [-0.1, -0.05) is 49.4 Å². The Hall–Kier alpha value is -4.09. The smallest absolute Gasteiger partial charge is 0.253 e. The molecule has 0 spiro atoms. The first-order chi connectivity index (χ1) is 20.4. The van der Waals surface area contributed by atoms with Gasteiger partial charge in [-0.05, 0) is 62.8 Å². The molecule has 0 aliphatic carbocycles. The number of likely N-dealkylation sites (tertiary alicyclic amines) is 1. The Balaban J connectivity index is 1.55. The lowest BCUT2D eigenvalue weighted by Gasteiger charge is -2.38. The Labute approximate surface area is 251 Å². The molecule has 4 rings (SSSR count). The number of imidazole rings is 1. The first-order valence-corrected chi connectivity index (χ1v) is 14.5. The van der Waals surface area contributed by atoms with Crippen LogP contribution in [0.3, 0.4) is 0 Å². The van der Waals surface area contributed by atoms with Gasteiger partial charge in [0.05, 0.1) is 25.1 Å². The molecule has 3 amide bonds. The summed E-state index contributed by atoms with van der Waals surface area (Å²) in [6.07, 6.45) is 4.82. The van der Waals surface area contributed by atoms with Crippen LogP contribution in [0.25, 0.3) is 0 Å². The highest BCUT2D eigenvalue weighted by molar-refractivity contribution is 5.98. The van der Waals surface area contributed by atoms with Gasteiger partial charge in [0, 0.05) is 19.3 Å². The standard InChI is InChI=1S/C32H41FN6O4/c1-22-14-16-38(17-15-22)30(42)32(4,24-10-12-25(33)13-11-24)39-18-27(35-21-39)37-28(40)26(36-29(41)31(2,3)34)20-43-19-23-8-6-5-7-9-23/h5-13,18,21-22,26H,14-17,19-20,34H2,1-4H3,(H,36,41)(H,37,40). The van der Waals surface area contributed by atoms with Crippen LogP contribution in [0.4, 0.5) is 10.2 Å². The summed E-state index contributed by atoms with van der Waals surface area (Å²) < 4.78 is 21.2. The van der Waals surface area contributed by atoms with E-state index in [9.17, 15) is 18.8 Å². The Morgan fingerprint density at radius 3 is 2.35 bits per heavy atom. The number of halogens is 1. The third-order valence-corrected chi connectivity index (χ3v) is 7.85. The fourth-order valence-corrected chi connectivity index (χ4v) is 4.92. The van der Waals surface area contributed by atoms with Crippen LogP contribution < -0.4 is 16.4 Å². The average Bonchev–Trinajstić information content (AvgIpc) is 3.45. The zero-order valence-corrected chi connectivity index (χ0v) is 25.2. The van der Waals surface area contributed by atoms with Gasteiger partial charge in [-0.25, -0.2) is 9.37 Å². The van der Waals surface area contributed by atoms with Gasteiger partial charge in [0.2, 0.25) is 5.91 Å². The van der Waals surface area contributed by atoms with Crippen molar-refractivity contribution in [1.82, 2.24) is 19.8 Å². The normalized spacial score (nSPS) is 16.3. The number of hydrogen-bond donors (Lipinski definition) is 3. The summed E-state index contributed by atoms with van der Waals surface area (Å²) in [5.74, 6) is -0.931. The van der Waals surface area contributed by atoms with E-state index in [0.717, 1.165) is 18.4 Å². The number of nitrogens with two attached hydrogens (primary N) is 1. The first kappa shape index (κ1) is 31.8. The summed E-state index contributed by atoms with van der Waals surface area (Å²) in [5.41, 5.74) is 4.98. The lowest BCUT2D eigenvalue weighted by Crippen LogP contribution is -2.56. The first-order valence-electron chi connectivity index (χ1n) is 14.5. The highest BCUT2D eigenvalue weighted by atomic mass is 19.1. The van der Waals surface area contributed by atoms with Crippen molar-refractivity contribution in [3.05, 3.63) is 84.1 Å². The monoisotopic (exact) mass is 592 g/mol. The predicted molar refractivity (Wildman–Crippen MR) is 161 cm³/mol. The van der Waals surface area contributed by atoms with E-state index in [1.54, 1.807) is 43.7 Å². The SMILES string of the molecule is CC1CCN(C(=O)C(C)(c2ccc(F)cc2)n2cnc(NC(=O)C(COCc3ccccc3)NC(=O)C(C)(C)N)c2)CC1. The molecule has 1 fully saturated rings. The zero-order chi connectivity index (χ0) is 31.2. The van der Waals surface area contributed by atoms with Crippen LogP contribution in [0, 0.1) is 11.7 Å². The van der Waals surface area contributed by atoms with Crippen LogP contribution in [-0.4, -0.2) is 63.4 Å². The molecule has 1 aliphatic heterocycles. The second-order valence-electron chi connectivity index (χ2n) is 12.0. The van der Waals surface area contributed by atoms with Crippen LogP contribution in [0.1, 0.15) is 51.7 Å². The fourth-order valence-electron chi connectivity index (χ4n) is 4.92. The van der Waals surface area contributed by atoms with Gasteiger partial charge in [-0.2, -0.15) is 0 Å². The number of hydrogen-bond acceptors (Lipinski definition) is 6. The Morgan fingerprint density at radius 2 is 1.72 bits per heavy atom. The third-order valence-electron chi connectivity index (χ3n) is 7.85. The van der Waals surface area contributed by atoms with E-state index in [1.165, 1.54) is 18.5 Å². The lowest BCUT2D eigenvalue weighted by atomic mass is 9.88. The Kier molecular flexibility index (Phi) is 9.98. The molecular weight excluding hydrogens is 551 g/mol. The highest BCUT2D eigenvalue weighted by Crippen LogP contribution is 2.31. The molecule has 1 saturated heterocycles. The van der Waals surface area contributed by atoms with Crippen molar-refractivity contribution in [2.24, 2.45) is 11.7 Å². The quantitative estimate of drug-likeness (QED) is 0.313. The Morgan fingerprint density at radius 1 is 1.07 bits per heavy atom. The van der Waals surface area contributed by atoms with Crippen molar-refractivity contribution in [2.45, 2.75) is 64.3 Å². The number of amides is 3. The number of aromatic nitrogens is 2. The Bertz CT molecular complexity index is 1400. The van der Waals surface area contributed by atoms with E-state index in [2.05, 4.69) is 22.5 Å². The van der Waals surface area contributed by atoms with E-state index >= 15 is 0 Å². The zero-order valence-electron chi connectivity index (χ0n) is 25.2. The van der Waals surface area contributed by atoms with Crippen LogP contribution in [-0.2, 0) is 31.3 Å². The van der Waals surface area contributed by atoms with Crippen LogP contribution in [0.15, 0.2) is 67.1 Å². The summed E-state index contributed by atoms with van der Waals surface area (Å²) in [7, 11) is 0. The van der Waals surface area contributed by atoms with Gasteiger partial charge in [0.1, 0.15) is 17.4 Å². The largest absolute Gasteiger partial charge is 0.374 e. The maximum absolute atomic E-state index is 14.0. The summed E-state index contributed by atoms with van der Waals surface area (Å²) in [6.45, 7) is 8.39. The van der Waals surface area contributed by atoms with Gasteiger partial charge in [0.25, 0.3) is 11.8 Å². The van der Waals surface area contributed by atoms with Crippen molar-refractivity contribution in [1.29, 1.82) is 0 Å². The molecule has 1 aromatic heterocycles. The summed E-state index contributed by atoms with van der Waals surface area (Å²) in [6, 6.07) is 14.2. The molecule has 2 aromatic carbocycles. The maximum Gasteiger partial charge on any atom is 0.253 e. The second-order valence-corrected chi connectivity index (χ2v) is 12.0. The van der Waals surface area contributed by atoms with E-state index in [4.69, 9.17) is 10.5 Å². The van der Waals surface area contributed by atoms with Gasteiger partial charge < -0.3 is 30.6 Å². The van der Waals surface area contributed by atoms with Crippen molar-refractivity contribution in [3.8, 4) is 0 Å². The molecule has 3 aromatic rings. The van der Waals surface area contributed by atoms with Crippen molar-refractivity contribution < 1.29 is 23.5 Å². The minimum absolute atomic E-state index is 0.109. The van der Waals surface area contributed by atoms with Gasteiger partial charge in [-0.3, -0.25) is 14.4 Å². The highest BCUT2D eigenvalue weighted by Gasteiger charge is 2.41. The number of carbonyl (C=O) groups excluding carboxylic acids is 3. The average molecular weight is 593 g/mol. The molecule has 230 valence electrons. The van der Waals surface area contributed by atoms with Gasteiger partial charge >= 0.3 is 0 Å². The molecule has 10 nitrogen and oxygen atoms in total. The fraction of sp³-hybridized carbons (Fsp3) is 0.438. The summed E-state index contributed by atoms with van der Waals surface area (Å²) in [5, 5.41) is 5.40. The van der Waals surface area contributed by atoms with Crippen LogP contribution in [0.5, 0.6) is 0 Å². The number of rotatable bonds is 11. The lowest BCUT2D eigenvalue weighted by molar-refractivity contribution is -0.139. The molecular formula is C32H41FN6O4. The van der Waals surface area contributed by atoms with Gasteiger partial charge in [0.15, 0.2) is 5.82 Å². The molecule has 1 aliphatic rings. The van der Waals surface area contributed by atoms with Crippen molar-refractivity contribution in [3.63, 3.8) is 0 Å². The molecule has 0 saturated carbocycles. The summed E-state index contributed by atoms with van der Waals surface area (Å²) >= 11 is 0. The number of carbonyl (C=O) groups is 3. The van der Waals surface area contributed by atoms with Crippen molar-refractivity contribution in [2.75, 3.05) is 25.0 Å². The summed E-state index contributed by atoms with van der Waals surface area (Å²) in [4.78, 5) is 46.2. The number of benzene rings is 2. The second kappa shape index (κ2) is 13.5. The predicted octanol–water partition coefficient (Wildman–Crippen LogP) is 3.42. The minimum Gasteiger partial charge on any atom is -0.374 e. The third kappa shape index (κ3) is 7.85. The molecule has 11 heteroatoms.